The van der Waals surface area contributed by atoms with Gasteiger partial charge in [-0.3, -0.25) is 9.79 Å². The van der Waals surface area contributed by atoms with Crippen molar-refractivity contribution in [3.05, 3.63) is 65.7 Å². The fraction of sp³-hybridized carbons (Fsp3) is 0.300. The molecule has 1 heterocycles. The molecule has 6 nitrogen and oxygen atoms in total. The van der Waals surface area contributed by atoms with Gasteiger partial charge in [-0.2, -0.15) is 0 Å². The number of anilines is 1. The Morgan fingerprint density at radius 2 is 1.67 bits per heavy atom. The van der Waals surface area contributed by atoms with E-state index in [0.717, 1.165) is 37.7 Å². The predicted molar refractivity (Wildman–Crippen MR) is 121 cm³/mol. The molecule has 2 aromatic carbocycles. The lowest BCUT2D eigenvalue weighted by Gasteiger charge is -2.37. The number of halogens is 1. The highest BCUT2D eigenvalue weighted by Gasteiger charge is 2.19. The molecule has 27 heavy (non-hydrogen) atoms. The Kier molecular flexibility index (Phi) is 7.90. The summed E-state index contributed by atoms with van der Waals surface area (Å²) in [6.45, 7) is 4.45. The highest BCUT2D eigenvalue weighted by molar-refractivity contribution is 14.0. The maximum atomic E-state index is 11.1. The van der Waals surface area contributed by atoms with E-state index in [1.165, 1.54) is 5.69 Å². The molecule has 3 N–H and O–H groups in total. The molecule has 7 heteroatoms. The fourth-order valence-electron chi connectivity index (χ4n) is 3.12. The molecule has 0 saturated carbocycles. The Balaban J connectivity index is 0.00000261. The number of nitrogens with zero attached hydrogens (tertiary/aromatic N) is 3. The van der Waals surface area contributed by atoms with Gasteiger partial charge in [0.25, 0.3) is 0 Å². The maximum Gasteiger partial charge on any atom is 0.248 e. The number of para-hydroxylation sites is 1. The van der Waals surface area contributed by atoms with Gasteiger partial charge in [-0.25, -0.2) is 0 Å². The number of nitrogens with one attached hydrogen (secondary N) is 1. The summed E-state index contributed by atoms with van der Waals surface area (Å²) in [6, 6.07) is 17.8. The summed E-state index contributed by atoms with van der Waals surface area (Å²) >= 11 is 0. The number of aliphatic imine (C=N–C) groups is 1. The molecular weight excluding hydrogens is 453 g/mol. The van der Waals surface area contributed by atoms with Crippen LogP contribution in [0.3, 0.4) is 0 Å². The average Bonchev–Trinajstić information content (AvgIpc) is 2.70. The van der Waals surface area contributed by atoms with Gasteiger partial charge in [0, 0.05) is 51.0 Å². The van der Waals surface area contributed by atoms with Gasteiger partial charge in [-0.15, -0.1) is 24.0 Å². The SMILES string of the molecule is CN=C(NCc1ccc(C(N)=O)cc1)N1CCN(c2ccccc2)CC1.I. The van der Waals surface area contributed by atoms with E-state index in [2.05, 4.69) is 44.4 Å². The first-order valence-electron chi connectivity index (χ1n) is 8.81. The van der Waals surface area contributed by atoms with E-state index in [-0.39, 0.29) is 24.0 Å². The Labute approximate surface area is 177 Å². The van der Waals surface area contributed by atoms with E-state index in [4.69, 9.17) is 5.73 Å². The largest absolute Gasteiger partial charge is 0.368 e. The van der Waals surface area contributed by atoms with Crippen molar-refractivity contribution in [3.8, 4) is 0 Å². The van der Waals surface area contributed by atoms with Crippen LogP contribution >= 0.6 is 24.0 Å². The van der Waals surface area contributed by atoms with Crippen molar-refractivity contribution in [2.45, 2.75) is 6.54 Å². The second-order valence-corrected chi connectivity index (χ2v) is 6.27. The normalized spacial score (nSPS) is 14.5. The number of hydrogen-bond donors (Lipinski definition) is 2. The van der Waals surface area contributed by atoms with Crippen molar-refractivity contribution in [2.24, 2.45) is 10.7 Å². The van der Waals surface area contributed by atoms with E-state index in [1.807, 2.05) is 25.2 Å². The second-order valence-electron chi connectivity index (χ2n) is 6.27. The number of piperazine rings is 1. The first kappa shape index (κ1) is 21.0. The average molecular weight is 479 g/mol. The molecule has 1 aliphatic heterocycles. The molecule has 1 saturated heterocycles. The van der Waals surface area contributed by atoms with E-state index in [0.29, 0.717) is 12.1 Å². The molecule has 0 unspecified atom stereocenters. The second kappa shape index (κ2) is 10.1. The zero-order valence-electron chi connectivity index (χ0n) is 15.5. The Hall–Kier alpha value is -2.29. The van der Waals surface area contributed by atoms with Crippen molar-refractivity contribution in [1.29, 1.82) is 0 Å². The smallest absolute Gasteiger partial charge is 0.248 e. The van der Waals surface area contributed by atoms with Gasteiger partial charge < -0.3 is 20.9 Å². The number of rotatable bonds is 4. The molecule has 144 valence electrons. The maximum absolute atomic E-state index is 11.1. The highest BCUT2D eigenvalue weighted by atomic mass is 127. The van der Waals surface area contributed by atoms with E-state index in [9.17, 15) is 4.79 Å². The van der Waals surface area contributed by atoms with Crippen molar-refractivity contribution >= 4 is 41.5 Å². The van der Waals surface area contributed by atoms with Crippen LogP contribution in [-0.4, -0.2) is 50.0 Å². The standard InChI is InChI=1S/C20H25N5O.HI/c1-22-20(23-15-16-7-9-17(10-8-16)19(21)26)25-13-11-24(12-14-25)18-5-3-2-4-6-18;/h2-10H,11-15H2,1H3,(H2,21,26)(H,22,23);1H. The molecule has 2 aromatic rings. The summed E-state index contributed by atoms with van der Waals surface area (Å²) in [5.74, 6) is 0.494. The van der Waals surface area contributed by atoms with Gasteiger partial charge in [0.15, 0.2) is 5.96 Å². The minimum atomic E-state index is -0.406. The number of carbonyl (C=O) groups is 1. The van der Waals surface area contributed by atoms with Crippen LogP contribution in [0.5, 0.6) is 0 Å². The number of hydrogen-bond acceptors (Lipinski definition) is 3. The molecule has 0 atom stereocenters. The number of benzene rings is 2. The molecule has 0 aromatic heterocycles. The summed E-state index contributed by atoms with van der Waals surface area (Å²) in [7, 11) is 1.81. The van der Waals surface area contributed by atoms with Crippen LogP contribution < -0.4 is 16.0 Å². The van der Waals surface area contributed by atoms with Gasteiger partial charge >= 0.3 is 0 Å². The molecule has 1 amide bonds. The van der Waals surface area contributed by atoms with Crippen molar-refractivity contribution in [2.75, 3.05) is 38.1 Å². The Morgan fingerprint density at radius 3 is 2.22 bits per heavy atom. The summed E-state index contributed by atoms with van der Waals surface area (Å²) in [6.07, 6.45) is 0. The zero-order valence-corrected chi connectivity index (χ0v) is 17.8. The lowest BCUT2D eigenvalue weighted by atomic mass is 10.1. The molecule has 0 aliphatic carbocycles. The van der Waals surface area contributed by atoms with Gasteiger partial charge in [-0.05, 0) is 29.8 Å². The molecule has 0 bridgehead atoms. The summed E-state index contributed by atoms with van der Waals surface area (Å²) in [5, 5.41) is 3.40. The fourth-order valence-corrected chi connectivity index (χ4v) is 3.12. The van der Waals surface area contributed by atoms with Gasteiger partial charge in [-0.1, -0.05) is 30.3 Å². The van der Waals surface area contributed by atoms with Crippen LogP contribution in [0.1, 0.15) is 15.9 Å². The summed E-state index contributed by atoms with van der Waals surface area (Å²) < 4.78 is 0. The molecular formula is C20H26IN5O. The number of nitrogens with two attached hydrogens (primary N) is 1. The Bertz CT molecular complexity index is 756. The third-order valence-electron chi connectivity index (χ3n) is 4.60. The number of carbonyl (C=O) groups excluding carboxylic acids is 1. The predicted octanol–water partition coefficient (Wildman–Crippen LogP) is 2.30. The highest BCUT2D eigenvalue weighted by Crippen LogP contribution is 2.15. The van der Waals surface area contributed by atoms with Crippen LogP contribution in [0.4, 0.5) is 5.69 Å². The van der Waals surface area contributed by atoms with Crippen LogP contribution in [0.25, 0.3) is 0 Å². The van der Waals surface area contributed by atoms with Gasteiger partial charge in [0.1, 0.15) is 0 Å². The summed E-state index contributed by atoms with van der Waals surface area (Å²) in [5.41, 5.74) is 8.15. The van der Waals surface area contributed by atoms with Crippen molar-refractivity contribution in [3.63, 3.8) is 0 Å². The molecule has 1 fully saturated rings. The minimum absolute atomic E-state index is 0. The van der Waals surface area contributed by atoms with E-state index >= 15 is 0 Å². The third-order valence-corrected chi connectivity index (χ3v) is 4.60. The van der Waals surface area contributed by atoms with Crippen molar-refractivity contribution < 1.29 is 4.79 Å². The third kappa shape index (κ3) is 5.59. The van der Waals surface area contributed by atoms with Gasteiger partial charge in [0.2, 0.25) is 5.91 Å². The van der Waals surface area contributed by atoms with E-state index < -0.39 is 5.91 Å². The van der Waals surface area contributed by atoms with Crippen LogP contribution in [0.15, 0.2) is 59.6 Å². The number of amides is 1. The van der Waals surface area contributed by atoms with Crippen LogP contribution in [-0.2, 0) is 6.54 Å². The van der Waals surface area contributed by atoms with Crippen LogP contribution in [0, 0.1) is 0 Å². The monoisotopic (exact) mass is 479 g/mol. The summed E-state index contributed by atoms with van der Waals surface area (Å²) in [4.78, 5) is 20.2. The number of primary amides is 1. The Morgan fingerprint density at radius 1 is 1.04 bits per heavy atom. The van der Waals surface area contributed by atoms with E-state index in [1.54, 1.807) is 12.1 Å². The first-order chi connectivity index (χ1) is 12.7. The molecule has 0 radical (unpaired) electrons. The number of guanidine groups is 1. The lowest BCUT2D eigenvalue weighted by Crippen LogP contribution is -2.52. The molecule has 3 rings (SSSR count). The van der Waals surface area contributed by atoms with Crippen LogP contribution in [0.2, 0.25) is 0 Å². The quantitative estimate of drug-likeness (QED) is 0.401. The zero-order chi connectivity index (χ0) is 18.4. The molecule has 1 aliphatic rings. The first-order valence-corrected chi connectivity index (χ1v) is 8.81. The lowest BCUT2D eigenvalue weighted by molar-refractivity contribution is 0.100. The minimum Gasteiger partial charge on any atom is -0.368 e. The van der Waals surface area contributed by atoms with Gasteiger partial charge in [0.05, 0.1) is 0 Å². The van der Waals surface area contributed by atoms with Crippen molar-refractivity contribution in [1.82, 2.24) is 10.2 Å². The topological polar surface area (TPSA) is 74.0 Å². The molecule has 0 spiro atoms.